The molecule has 2 heterocycles. The molecule has 9 heteroatoms. The highest BCUT2D eigenvalue weighted by molar-refractivity contribution is 5.95. The molecule has 1 aromatic carbocycles. The van der Waals surface area contributed by atoms with E-state index in [1.807, 2.05) is 0 Å². The first-order chi connectivity index (χ1) is 12.0. The van der Waals surface area contributed by atoms with Crippen LogP contribution in [0.5, 0.6) is 0 Å². The van der Waals surface area contributed by atoms with Crippen LogP contribution in [0.1, 0.15) is 27.3 Å². The number of halogens is 2. The first kappa shape index (κ1) is 15.3. The summed E-state index contributed by atoms with van der Waals surface area (Å²) in [7, 11) is 0. The van der Waals surface area contributed by atoms with Gasteiger partial charge in [-0.1, -0.05) is 6.07 Å². The number of nitrogens with zero attached hydrogens (tertiary/aromatic N) is 2. The predicted molar refractivity (Wildman–Crippen MR) is 82.5 cm³/mol. The summed E-state index contributed by atoms with van der Waals surface area (Å²) in [5.74, 6) is -3.16. The van der Waals surface area contributed by atoms with Crippen LogP contribution < -0.4 is 5.56 Å². The van der Waals surface area contributed by atoms with E-state index in [-0.39, 0.29) is 17.8 Å². The molecule has 0 radical (unpaired) electrons. The highest BCUT2D eigenvalue weighted by Crippen LogP contribution is 2.33. The molecule has 0 saturated carbocycles. The molecule has 7 nitrogen and oxygen atoms in total. The third-order valence-electron chi connectivity index (χ3n) is 4.32. The zero-order valence-corrected chi connectivity index (χ0v) is 12.8. The molecule has 0 fully saturated rings. The minimum atomic E-state index is -1.23. The van der Waals surface area contributed by atoms with Gasteiger partial charge < -0.3 is 5.11 Å². The van der Waals surface area contributed by atoms with Crippen LogP contribution in [0.4, 0.5) is 8.78 Å². The van der Waals surface area contributed by atoms with E-state index >= 15 is 0 Å². The lowest BCUT2D eigenvalue weighted by Crippen LogP contribution is -2.14. The summed E-state index contributed by atoms with van der Waals surface area (Å²) in [5.41, 5.74) is 1.87. The number of hydrogen-bond donors (Lipinski definition) is 3. The maximum atomic E-state index is 13.4. The van der Waals surface area contributed by atoms with Gasteiger partial charge in [0.15, 0.2) is 17.3 Å². The molecule has 4 rings (SSSR count). The Labute approximate surface area is 138 Å². The largest absolute Gasteiger partial charge is 0.476 e. The van der Waals surface area contributed by atoms with E-state index in [0.29, 0.717) is 40.9 Å². The lowest BCUT2D eigenvalue weighted by molar-refractivity contribution is 0.0690. The van der Waals surface area contributed by atoms with Crippen molar-refractivity contribution in [1.29, 1.82) is 0 Å². The zero-order chi connectivity index (χ0) is 17.7. The van der Waals surface area contributed by atoms with Crippen LogP contribution in [0.15, 0.2) is 23.0 Å². The van der Waals surface area contributed by atoms with Gasteiger partial charge in [0.05, 0.1) is 17.8 Å². The second-order valence-corrected chi connectivity index (χ2v) is 5.81. The van der Waals surface area contributed by atoms with Crippen LogP contribution in [0.2, 0.25) is 0 Å². The summed E-state index contributed by atoms with van der Waals surface area (Å²) in [6.07, 6.45) is 0.858. The molecule has 0 atom stereocenters. The van der Waals surface area contributed by atoms with Gasteiger partial charge in [0.2, 0.25) is 0 Å². The second kappa shape index (κ2) is 5.40. The van der Waals surface area contributed by atoms with Gasteiger partial charge in [-0.05, 0) is 30.5 Å². The van der Waals surface area contributed by atoms with Crippen molar-refractivity contribution >= 4 is 5.97 Å². The fraction of sp³-hybridized carbons (Fsp3) is 0.188. The van der Waals surface area contributed by atoms with E-state index in [4.69, 9.17) is 0 Å². The van der Waals surface area contributed by atoms with Crippen molar-refractivity contribution in [3.05, 3.63) is 62.7 Å². The van der Waals surface area contributed by atoms with Crippen LogP contribution in [0.3, 0.4) is 0 Å². The molecule has 0 unspecified atom stereocenters. The van der Waals surface area contributed by atoms with E-state index < -0.39 is 17.6 Å². The summed E-state index contributed by atoms with van der Waals surface area (Å²) in [4.78, 5) is 23.3. The Morgan fingerprint density at radius 1 is 1.24 bits per heavy atom. The number of fused-ring (bicyclic) bond motifs is 3. The molecule has 0 aliphatic heterocycles. The predicted octanol–water partition coefficient (Wildman–Crippen LogP) is 1.69. The molecule has 0 spiro atoms. The number of hydrogen-bond acceptors (Lipinski definition) is 3. The number of carboxylic acid groups (broad SMARTS) is 1. The van der Waals surface area contributed by atoms with Crippen molar-refractivity contribution in [1.82, 2.24) is 20.0 Å². The van der Waals surface area contributed by atoms with Gasteiger partial charge in [-0.2, -0.15) is 5.10 Å². The average Bonchev–Trinajstić information content (AvgIpc) is 3.12. The average molecular weight is 346 g/mol. The van der Waals surface area contributed by atoms with Gasteiger partial charge in [0.25, 0.3) is 5.56 Å². The van der Waals surface area contributed by atoms with E-state index in [9.17, 15) is 23.5 Å². The number of carboxylic acids is 1. The fourth-order valence-corrected chi connectivity index (χ4v) is 3.18. The van der Waals surface area contributed by atoms with Gasteiger partial charge in [-0.3, -0.25) is 19.7 Å². The Balaban J connectivity index is 1.84. The number of rotatable bonds is 3. The van der Waals surface area contributed by atoms with Gasteiger partial charge in [-0.25, -0.2) is 13.6 Å². The Morgan fingerprint density at radius 3 is 2.76 bits per heavy atom. The molecule has 3 aromatic rings. The highest BCUT2D eigenvalue weighted by Gasteiger charge is 2.31. The van der Waals surface area contributed by atoms with Crippen LogP contribution >= 0.6 is 0 Å². The second-order valence-electron chi connectivity index (χ2n) is 5.81. The van der Waals surface area contributed by atoms with Crippen molar-refractivity contribution in [2.45, 2.75) is 19.4 Å². The van der Waals surface area contributed by atoms with Crippen molar-refractivity contribution in [2.24, 2.45) is 0 Å². The molecular formula is C16H12F2N4O3. The molecule has 0 bridgehead atoms. The third-order valence-corrected chi connectivity index (χ3v) is 4.32. The van der Waals surface area contributed by atoms with Crippen LogP contribution in [-0.4, -0.2) is 31.1 Å². The molecule has 25 heavy (non-hydrogen) atoms. The summed E-state index contributed by atoms with van der Waals surface area (Å²) >= 11 is 0. The van der Waals surface area contributed by atoms with Crippen molar-refractivity contribution < 1.29 is 18.7 Å². The Kier molecular flexibility index (Phi) is 3.31. The topological polar surface area (TPSA) is 104 Å². The Hall–Kier alpha value is -3.23. The molecule has 1 aliphatic rings. The normalized spacial score (nSPS) is 12.7. The molecule has 1 aliphatic carbocycles. The summed E-state index contributed by atoms with van der Waals surface area (Å²) < 4.78 is 27.9. The van der Waals surface area contributed by atoms with Gasteiger partial charge in [0.1, 0.15) is 0 Å². The summed E-state index contributed by atoms with van der Waals surface area (Å²) in [6, 6.07) is 3.48. The maximum Gasteiger partial charge on any atom is 0.357 e. The Morgan fingerprint density at radius 2 is 2.04 bits per heavy atom. The number of benzene rings is 1. The quantitative estimate of drug-likeness (QED) is 0.671. The Bertz CT molecular complexity index is 1060. The molecule has 2 aromatic heterocycles. The number of aromatic amines is 2. The maximum absolute atomic E-state index is 13.4. The fourth-order valence-electron chi connectivity index (χ4n) is 3.18. The van der Waals surface area contributed by atoms with Crippen LogP contribution in [-0.2, 0) is 19.4 Å². The van der Waals surface area contributed by atoms with Crippen LogP contribution in [0, 0.1) is 11.6 Å². The molecule has 0 saturated heterocycles. The monoisotopic (exact) mass is 346 g/mol. The first-order valence-corrected chi connectivity index (χ1v) is 7.52. The van der Waals surface area contributed by atoms with E-state index in [1.54, 1.807) is 0 Å². The molecule has 3 N–H and O–H groups in total. The van der Waals surface area contributed by atoms with Gasteiger partial charge >= 0.3 is 5.97 Å². The molecule has 128 valence electrons. The first-order valence-electron chi connectivity index (χ1n) is 7.52. The van der Waals surface area contributed by atoms with Gasteiger partial charge in [-0.15, -0.1) is 0 Å². The van der Waals surface area contributed by atoms with E-state index in [0.717, 1.165) is 12.1 Å². The van der Waals surface area contributed by atoms with Crippen molar-refractivity contribution in [2.75, 3.05) is 0 Å². The SMILES string of the molecule is O=C(O)c1nn(Cc2ccc(F)c(F)c2)c2c1-c1[nH][nH]c(=O)c1CC2. The number of aromatic nitrogens is 4. The number of H-pyrrole nitrogens is 2. The standard InChI is InChI=1S/C16H12F2N4O3/c17-9-3-1-7(5-10(9)18)6-22-11-4-2-8-13(19-20-15(8)23)12(11)14(21-22)16(24)25/h1,3,5H,2,4,6H2,(H,24,25)(H2,19,20,23). The van der Waals surface area contributed by atoms with Crippen molar-refractivity contribution in [3.8, 4) is 11.3 Å². The minimum Gasteiger partial charge on any atom is -0.476 e. The number of carbonyl (C=O) groups is 1. The number of nitrogens with one attached hydrogen (secondary N) is 2. The van der Waals surface area contributed by atoms with Crippen molar-refractivity contribution in [3.63, 3.8) is 0 Å². The minimum absolute atomic E-state index is 0.0940. The lowest BCUT2D eigenvalue weighted by Gasteiger charge is -2.14. The highest BCUT2D eigenvalue weighted by atomic mass is 19.2. The van der Waals surface area contributed by atoms with Crippen LogP contribution in [0.25, 0.3) is 11.3 Å². The zero-order valence-electron chi connectivity index (χ0n) is 12.8. The number of aromatic carboxylic acids is 1. The van der Waals surface area contributed by atoms with E-state index in [1.165, 1.54) is 10.7 Å². The lowest BCUT2D eigenvalue weighted by atomic mass is 9.93. The summed E-state index contributed by atoms with van der Waals surface area (Å²) in [6.45, 7) is 0.0940. The smallest absolute Gasteiger partial charge is 0.357 e. The molecule has 0 amide bonds. The van der Waals surface area contributed by atoms with Gasteiger partial charge in [0, 0.05) is 11.3 Å². The summed E-state index contributed by atoms with van der Waals surface area (Å²) in [5, 5.41) is 18.7. The third kappa shape index (κ3) is 2.35. The molecular weight excluding hydrogens is 334 g/mol. The van der Waals surface area contributed by atoms with E-state index in [2.05, 4.69) is 15.3 Å².